The molecule has 0 amide bonds. The monoisotopic (exact) mass is 423 g/mol. The number of rotatable bonds is 7. The summed E-state index contributed by atoms with van der Waals surface area (Å²) < 4.78 is 7.04. The third-order valence-electron chi connectivity index (χ3n) is 5.63. The second kappa shape index (κ2) is 9.49. The first-order valence-electron chi connectivity index (χ1n) is 10.8. The van der Waals surface area contributed by atoms with Crippen molar-refractivity contribution in [2.75, 3.05) is 7.11 Å². The Morgan fingerprint density at radius 1 is 1.09 bits per heavy atom. The molecular weight excluding hydrogens is 398 g/mol. The van der Waals surface area contributed by atoms with Gasteiger partial charge in [0.15, 0.2) is 0 Å². The van der Waals surface area contributed by atoms with Crippen molar-refractivity contribution in [2.24, 2.45) is 0 Å². The van der Waals surface area contributed by atoms with Gasteiger partial charge in [-0.1, -0.05) is 55.8 Å². The first kappa shape index (κ1) is 21.3. The predicted molar refractivity (Wildman–Crippen MR) is 125 cm³/mol. The van der Waals surface area contributed by atoms with E-state index in [1.807, 2.05) is 54.6 Å². The van der Waals surface area contributed by atoms with E-state index in [0.717, 1.165) is 52.8 Å². The summed E-state index contributed by atoms with van der Waals surface area (Å²) in [4.78, 5) is 16.9. The number of nitriles is 1. The molecule has 0 aliphatic rings. The SMILES string of the molecule is CCCCc1nc2ccc(C(=O)OC)cc2n1Cc1ccc(-c2ccccc2)c(C#N)c1. The molecule has 3 aromatic carbocycles. The number of fused-ring (bicyclic) bond motifs is 1. The van der Waals surface area contributed by atoms with Crippen molar-refractivity contribution in [1.29, 1.82) is 5.26 Å². The number of aromatic nitrogens is 2. The Kier molecular flexibility index (Phi) is 6.32. The Hall–Kier alpha value is -3.91. The number of ether oxygens (including phenoxy) is 1. The van der Waals surface area contributed by atoms with Gasteiger partial charge in [-0.05, 0) is 47.4 Å². The summed E-state index contributed by atoms with van der Waals surface area (Å²) in [5.41, 5.74) is 5.85. The molecule has 0 atom stereocenters. The molecule has 0 aliphatic heterocycles. The zero-order valence-corrected chi connectivity index (χ0v) is 18.3. The molecule has 32 heavy (non-hydrogen) atoms. The predicted octanol–water partition coefficient (Wildman–Crippen LogP) is 5.75. The maximum absolute atomic E-state index is 12.1. The normalized spacial score (nSPS) is 10.8. The lowest BCUT2D eigenvalue weighted by Crippen LogP contribution is -2.07. The molecule has 0 bridgehead atoms. The number of methoxy groups -OCH3 is 1. The van der Waals surface area contributed by atoms with Gasteiger partial charge in [-0.2, -0.15) is 5.26 Å². The fraction of sp³-hybridized carbons (Fsp3) is 0.222. The molecule has 160 valence electrons. The molecule has 0 spiro atoms. The fourth-order valence-corrected chi connectivity index (χ4v) is 3.95. The zero-order valence-electron chi connectivity index (χ0n) is 18.3. The van der Waals surface area contributed by atoms with Crippen molar-refractivity contribution in [3.63, 3.8) is 0 Å². The highest BCUT2D eigenvalue weighted by atomic mass is 16.5. The molecule has 0 fully saturated rings. The molecule has 5 nitrogen and oxygen atoms in total. The van der Waals surface area contributed by atoms with Gasteiger partial charge in [-0.3, -0.25) is 0 Å². The maximum Gasteiger partial charge on any atom is 0.337 e. The van der Waals surface area contributed by atoms with Crippen LogP contribution >= 0.6 is 0 Å². The van der Waals surface area contributed by atoms with Crippen LogP contribution in [0.15, 0.2) is 66.7 Å². The molecule has 0 saturated carbocycles. The average Bonchev–Trinajstić information content (AvgIpc) is 3.18. The van der Waals surface area contributed by atoms with E-state index in [9.17, 15) is 10.1 Å². The van der Waals surface area contributed by atoms with Crippen LogP contribution in [-0.2, 0) is 17.7 Å². The Balaban J connectivity index is 1.77. The number of hydrogen-bond acceptors (Lipinski definition) is 4. The van der Waals surface area contributed by atoms with Crippen molar-refractivity contribution in [2.45, 2.75) is 32.7 Å². The third-order valence-corrected chi connectivity index (χ3v) is 5.63. The second-order valence-corrected chi connectivity index (χ2v) is 7.77. The van der Waals surface area contributed by atoms with E-state index in [0.29, 0.717) is 17.7 Å². The summed E-state index contributed by atoms with van der Waals surface area (Å²) in [6.45, 7) is 2.73. The first-order valence-corrected chi connectivity index (χ1v) is 10.8. The minimum atomic E-state index is -0.367. The van der Waals surface area contributed by atoms with Gasteiger partial charge in [0.2, 0.25) is 0 Å². The summed E-state index contributed by atoms with van der Waals surface area (Å²) in [6, 6.07) is 23.7. The van der Waals surface area contributed by atoms with Crippen molar-refractivity contribution in [3.05, 3.63) is 89.2 Å². The summed E-state index contributed by atoms with van der Waals surface area (Å²) in [6.07, 6.45) is 2.95. The fourth-order valence-electron chi connectivity index (χ4n) is 3.95. The van der Waals surface area contributed by atoms with E-state index < -0.39 is 0 Å². The quantitative estimate of drug-likeness (QED) is 0.355. The van der Waals surface area contributed by atoms with Gasteiger partial charge in [0.25, 0.3) is 0 Å². The molecule has 0 N–H and O–H groups in total. The van der Waals surface area contributed by atoms with Gasteiger partial charge in [0.1, 0.15) is 5.82 Å². The molecule has 0 radical (unpaired) electrons. The Labute approximate surface area is 187 Å². The van der Waals surface area contributed by atoms with Crippen LogP contribution in [0.4, 0.5) is 0 Å². The lowest BCUT2D eigenvalue weighted by molar-refractivity contribution is 0.0601. The largest absolute Gasteiger partial charge is 0.465 e. The number of carbonyl (C=O) groups excluding carboxylic acids is 1. The average molecular weight is 424 g/mol. The van der Waals surface area contributed by atoms with Crippen LogP contribution in [0.5, 0.6) is 0 Å². The number of esters is 1. The lowest BCUT2D eigenvalue weighted by Gasteiger charge is -2.12. The van der Waals surface area contributed by atoms with Crippen LogP contribution in [0.1, 0.15) is 47.1 Å². The van der Waals surface area contributed by atoms with E-state index in [2.05, 4.69) is 23.6 Å². The van der Waals surface area contributed by atoms with E-state index in [1.54, 1.807) is 6.07 Å². The number of imidazole rings is 1. The summed E-state index contributed by atoms with van der Waals surface area (Å²) in [7, 11) is 1.38. The highest BCUT2D eigenvalue weighted by molar-refractivity contribution is 5.93. The number of unbranched alkanes of at least 4 members (excludes halogenated alkanes) is 1. The summed E-state index contributed by atoms with van der Waals surface area (Å²) >= 11 is 0. The van der Waals surface area contributed by atoms with Gasteiger partial charge < -0.3 is 9.30 Å². The molecule has 0 aliphatic carbocycles. The Morgan fingerprint density at radius 3 is 2.62 bits per heavy atom. The standard InChI is InChI=1S/C27H25N3O2/c1-3-4-10-26-29-24-14-12-21(27(31)32-2)16-25(24)30(26)18-19-11-13-23(22(15-19)17-28)20-8-6-5-7-9-20/h5-9,11-16H,3-4,10,18H2,1-2H3. The number of aryl methyl sites for hydroxylation is 1. The smallest absolute Gasteiger partial charge is 0.337 e. The molecular formula is C27H25N3O2. The molecule has 4 aromatic rings. The number of benzene rings is 3. The van der Waals surface area contributed by atoms with E-state index in [1.165, 1.54) is 7.11 Å². The van der Waals surface area contributed by atoms with Gasteiger partial charge in [-0.25, -0.2) is 9.78 Å². The molecule has 0 saturated heterocycles. The maximum atomic E-state index is 12.1. The Morgan fingerprint density at radius 2 is 1.91 bits per heavy atom. The number of carbonyl (C=O) groups is 1. The van der Waals surface area contributed by atoms with E-state index >= 15 is 0 Å². The van der Waals surface area contributed by atoms with Crippen molar-refractivity contribution in [3.8, 4) is 17.2 Å². The van der Waals surface area contributed by atoms with Crippen LogP contribution in [0.25, 0.3) is 22.2 Å². The number of hydrogen-bond donors (Lipinski definition) is 0. The highest BCUT2D eigenvalue weighted by Crippen LogP contribution is 2.26. The van der Waals surface area contributed by atoms with Gasteiger partial charge in [-0.15, -0.1) is 0 Å². The molecule has 4 rings (SSSR count). The minimum absolute atomic E-state index is 0.367. The minimum Gasteiger partial charge on any atom is -0.465 e. The Bertz CT molecular complexity index is 1300. The topological polar surface area (TPSA) is 67.9 Å². The van der Waals surface area contributed by atoms with Crippen LogP contribution in [0.2, 0.25) is 0 Å². The van der Waals surface area contributed by atoms with Crippen LogP contribution in [0, 0.1) is 11.3 Å². The molecule has 5 heteroatoms. The number of nitrogens with zero attached hydrogens (tertiary/aromatic N) is 3. The van der Waals surface area contributed by atoms with E-state index in [-0.39, 0.29) is 5.97 Å². The molecule has 1 aromatic heterocycles. The van der Waals surface area contributed by atoms with Crippen LogP contribution in [-0.4, -0.2) is 22.6 Å². The van der Waals surface area contributed by atoms with Gasteiger partial charge in [0, 0.05) is 13.0 Å². The highest BCUT2D eigenvalue weighted by Gasteiger charge is 2.15. The zero-order chi connectivity index (χ0) is 22.5. The van der Waals surface area contributed by atoms with Crippen LogP contribution < -0.4 is 0 Å². The van der Waals surface area contributed by atoms with E-state index in [4.69, 9.17) is 9.72 Å². The lowest BCUT2D eigenvalue weighted by atomic mass is 9.98. The van der Waals surface area contributed by atoms with Gasteiger partial charge in [0.05, 0.1) is 35.3 Å². The van der Waals surface area contributed by atoms with Crippen molar-refractivity contribution < 1.29 is 9.53 Å². The van der Waals surface area contributed by atoms with Crippen molar-refractivity contribution in [1.82, 2.24) is 9.55 Å². The molecule has 1 heterocycles. The van der Waals surface area contributed by atoms with Crippen LogP contribution in [0.3, 0.4) is 0 Å². The van der Waals surface area contributed by atoms with Gasteiger partial charge >= 0.3 is 5.97 Å². The third kappa shape index (κ3) is 4.26. The molecule has 0 unspecified atom stereocenters. The second-order valence-electron chi connectivity index (χ2n) is 7.77. The summed E-state index contributed by atoms with van der Waals surface area (Å²) in [5.74, 6) is 0.614. The first-order chi connectivity index (χ1) is 15.6. The van der Waals surface area contributed by atoms with Crippen molar-refractivity contribution >= 4 is 17.0 Å². The summed E-state index contributed by atoms with van der Waals surface area (Å²) in [5, 5.41) is 9.78.